The molecule has 1 saturated carbocycles. The van der Waals surface area contributed by atoms with Crippen LogP contribution in [0.15, 0.2) is 24.3 Å². The SMILES string of the molecule is COCC(=O)N1CCN(C(=O)CCc2ccc(OC)cc2)CCNC(=O)C2CCCCC21. The number of ether oxygens (including phenoxy) is 2. The van der Waals surface area contributed by atoms with Crippen LogP contribution in [0.2, 0.25) is 0 Å². The van der Waals surface area contributed by atoms with Crippen LogP contribution >= 0.6 is 0 Å². The minimum absolute atomic E-state index is 0.0163. The predicted molar refractivity (Wildman–Crippen MR) is 120 cm³/mol. The van der Waals surface area contributed by atoms with E-state index in [2.05, 4.69) is 5.32 Å². The summed E-state index contributed by atoms with van der Waals surface area (Å²) in [5.41, 5.74) is 1.07. The molecule has 1 aliphatic heterocycles. The van der Waals surface area contributed by atoms with Crippen LogP contribution in [0.3, 0.4) is 0 Å². The lowest BCUT2D eigenvalue weighted by Gasteiger charge is -2.41. The van der Waals surface area contributed by atoms with Gasteiger partial charge in [0.25, 0.3) is 0 Å². The first-order valence-corrected chi connectivity index (χ1v) is 11.5. The fourth-order valence-electron chi connectivity index (χ4n) is 4.71. The van der Waals surface area contributed by atoms with Crippen molar-refractivity contribution in [2.45, 2.75) is 44.6 Å². The van der Waals surface area contributed by atoms with Crippen LogP contribution < -0.4 is 10.1 Å². The maximum absolute atomic E-state index is 13.0. The number of rotatable bonds is 6. The predicted octanol–water partition coefficient (Wildman–Crippen LogP) is 1.62. The third-order valence-electron chi connectivity index (χ3n) is 6.49. The van der Waals surface area contributed by atoms with E-state index >= 15 is 0 Å². The Balaban J connectivity index is 1.67. The Kier molecular flexibility index (Phi) is 8.90. The summed E-state index contributed by atoms with van der Waals surface area (Å²) in [6, 6.07) is 7.56. The van der Waals surface area contributed by atoms with Gasteiger partial charge in [0.15, 0.2) is 0 Å². The van der Waals surface area contributed by atoms with Gasteiger partial charge in [0.2, 0.25) is 17.7 Å². The monoisotopic (exact) mass is 445 g/mol. The van der Waals surface area contributed by atoms with Crippen LogP contribution in [0.1, 0.15) is 37.7 Å². The van der Waals surface area contributed by atoms with Crippen molar-refractivity contribution >= 4 is 17.7 Å². The maximum Gasteiger partial charge on any atom is 0.248 e. The summed E-state index contributed by atoms with van der Waals surface area (Å²) in [6.07, 6.45) is 4.59. The molecule has 0 radical (unpaired) electrons. The van der Waals surface area contributed by atoms with Crippen LogP contribution in [-0.4, -0.2) is 80.6 Å². The fourth-order valence-corrected chi connectivity index (χ4v) is 4.71. The van der Waals surface area contributed by atoms with Gasteiger partial charge in [-0.25, -0.2) is 0 Å². The number of nitrogens with zero attached hydrogens (tertiary/aromatic N) is 2. The van der Waals surface area contributed by atoms with Crippen LogP contribution in [0, 0.1) is 5.92 Å². The lowest BCUT2D eigenvalue weighted by molar-refractivity contribution is -0.144. The smallest absolute Gasteiger partial charge is 0.248 e. The van der Waals surface area contributed by atoms with E-state index in [9.17, 15) is 14.4 Å². The summed E-state index contributed by atoms with van der Waals surface area (Å²) >= 11 is 0. The Morgan fingerprint density at radius 3 is 2.50 bits per heavy atom. The number of benzene rings is 1. The van der Waals surface area contributed by atoms with Gasteiger partial charge in [0, 0.05) is 45.8 Å². The van der Waals surface area contributed by atoms with E-state index in [1.54, 1.807) is 16.9 Å². The summed E-state index contributed by atoms with van der Waals surface area (Å²) < 4.78 is 10.3. The molecule has 32 heavy (non-hydrogen) atoms. The molecule has 1 aromatic rings. The molecule has 176 valence electrons. The molecule has 2 aliphatic rings. The molecule has 8 heteroatoms. The van der Waals surface area contributed by atoms with E-state index in [0.29, 0.717) is 39.0 Å². The normalized spacial score (nSPS) is 22.0. The molecule has 0 aromatic heterocycles. The van der Waals surface area contributed by atoms with Gasteiger partial charge in [-0.2, -0.15) is 0 Å². The molecule has 2 unspecified atom stereocenters. The van der Waals surface area contributed by atoms with Gasteiger partial charge in [-0.3, -0.25) is 14.4 Å². The highest BCUT2D eigenvalue weighted by atomic mass is 16.5. The zero-order chi connectivity index (χ0) is 22.9. The average Bonchev–Trinajstić information content (AvgIpc) is 2.82. The van der Waals surface area contributed by atoms with Crippen molar-refractivity contribution in [2.24, 2.45) is 5.92 Å². The highest BCUT2D eigenvalue weighted by Crippen LogP contribution is 2.29. The van der Waals surface area contributed by atoms with Crippen molar-refractivity contribution in [3.63, 3.8) is 0 Å². The standard InChI is InChI=1S/C24H35N3O5/c1-31-17-23(29)27-16-15-26(14-13-25-24(30)20-5-3-4-6-21(20)27)22(28)12-9-18-7-10-19(32-2)11-8-18/h7-8,10-11,20-21H,3-6,9,12-17H2,1-2H3,(H,25,30). The highest BCUT2D eigenvalue weighted by molar-refractivity contribution is 5.83. The molecule has 1 heterocycles. The summed E-state index contributed by atoms with van der Waals surface area (Å²) in [6.45, 7) is 1.73. The zero-order valence-electron chi connectivity index (χ0n) is 19.2. The van der Waals surface area contributed by atoms with Crippen molar-refractivity contribution in [3.05, 3.63) is 29.8 Å². The molecule has 3 rings (SSSR count). The molecule has 3 amide bonds. The number of hydrogen-bond donors (Lipinski definition) is 1. The Hall–Kier alpha value is -2.61. The number of carbonyl (C=O) groups is 3. The van der Waals surface area contributed by atoms with Gasteiger partial charge in [-0.15, -0.1) is 0 Å². The minimum Gasteiger partial charge on any atom is -0.497 e. The molecule has 1 saturated heterocycles. The lowest BCUT2D eigenvalue weighted by Crippen LogP contribution is -2.56. The quantitative estimate of drug-likeness (QED) is 0.719. The molecular weight excluding hydrogens is 410 g/mol. The summed E-state index contributed by atoms with van der Waals surface area (Å²) in [5.74, 6) is 0.478. The third kappa shape index (κ3) is 6.22. The van der Waals surface area contributed by atoms with Crippen LogP contribution in [-0.2, 0) is 25.5 Å². The number of fused-ring (bicyclic) bond motifs is 1. The molecule has 8 nitrogen and oxygen atoms in total. The largest absolute Gasteiger partial charge is 0.497 e. The fraction of sp³-hybridized carbons (Fsp3) is 0.625. The van der Waals surface area contributed by atoms with E-state index in [1.165, 1.54) is 7.11 Å². The second kappa shape index (κ2) is 11.9. The number of amides is 3. The van der Waals surface area contributed by atoms with Crippen molar-refractivity contribution in [2.75, 3.05) is 47.0 Å². The number of nitrogens with one attached hydrogen (secondary N) is 1. The van der Waals surface area contributed by atoms with E-state index < -0.39 is 0 Å². The van der Waals surface area contributed by atoms with E-state index in [4.69, 9.17) is 9.47 Å². The first-order valence-electron chi connectivity index (χ1n) is 11.5. The second-order valence-electron chi connectivity index (χ2n) is 8.50. The maximum atomic E-state index is 13.0. The molecule has 1 N–H and O–H groups in total. The Morgan fingerprint density at radius 2 is 1.78 bits per heavy atom. The van der Waals surface area contributed by atoms with E-state index in [0.717, 1.165) is 37.0 Å². The first kappa shape index (κ1) is 24.0. The average molecular weight is 446 g/mol. The number of aryl methyl sites for hydroxylation is 1. The minimum atomic E-state index is -0.193. The van der Waals surface area contributed by atoms with Gasteiger partial charge in [0.1, 0.15) is 12.4 Å². The Morgan fingerprint density at radius 1 is 1.03 bits per heavy atom. The van der Waals surface area contributed by atoms with Gasteiger partial charge >= 0.3 is 0 Å². The van der Waals surface area contributed by atoms with Crippen LogP contribution in [0.25, 0.3) is 0 Å². The molecule has 1 aromatic carbocycles. The van der Waals surface area contributed by atoms with Crippen molar-refractivity contribution in [1.29, 1.82) is 0 Å². The second-order valence-corrected chi connectivity index (χ2v) is 8.50. The van der Waals surface area contributed by atoms with Gasteiger partial charge in [0.05, 0.1) is 13.0 Å². The summed E-state index contributed by atoms with van der Waals surface area (Å²) in [4.78, 5) is 42.2. The number of carbonyl (C=O) groups excluding carboxylic acids is 3. The van der Waals surface area contributed by atoms with Crippen molar-refractivity contribution < 1.29 is 23.9 Å². The van der Waals surface area contributed by atoms with Gasteiger partial charge in [-0.05, 0) is 37.0 Å². The van der Waals surface area contributed by atoms with E-state index in [1.807, 2.05) is 24.3 Å². The topological polar surface area (TPSA) is 88.2 Å². The third-order valence-corrected chi connectivity index (χ3v) is 6.49. The molecule has 2 atom stereocenters. The Labute approximate surface area is 190 Å². The highest BCUT2D eigenvalue weighted by Gasteiger charge is 2.37. The molecule has 0 spiro atoms. The van der Waals surface area contributed by atoms with Crippen LogP contribution in [0.5, 0.6) is 5.75 Å². The zero-order valence-corrected chi connectivity index (χ0v) is 19.2. The van der Waals surface area contributed by atoms with Crippen molar-refractivity contribution in [1.82, 2.24) is 15.1 Å². The van der Waals surface area contributed by atoms with E-state index in [-0.39, 0.29) is 36.3 Å². The number of methoxy groups -OCH3 is 2. The molecule has 1 aliphatic carbocycles. The van der Waals surface area contributed by atoms with Gasteiger partial charge < -0.3 is 24.6 Å². The molecule has 0 bridgehead atoms. The Bertz CT molecular complexity index is 782. The lowest BCUT2D eigenvalue weighted by atomic mass is 9.82. The molecular formula is C24H35N3O5. The van der Waals surface area contributed by atoms with Crippen LogP contribution in [0.4, 0.5) is 0 Å². The first-order chi connectivity index (χ1) is 15.5. The summed E-state index contributed by atoms with van der Waals surface area (Å²) in [5, 5.41) is 3.00. The van der Waals surface area contributed by atoms with Gasteiger partial charge in [-0.1, -0.05) is 25.0 Å². The summed E-state index contributed by atoms with van der Waals surface area (Å²) in [7, 11) is 3.12. The molecule has 2 fully saturated rings. The van der Waals surface area contributed by atoms with Crippen molar-refractivity contribution in [3.8, 4) is 5.75 Å². The number of hydrogen-bond acceptors (Lipinski definition) is 5.